The SMILES string of the molecule is CCOC(=O)C(F)(F)c1csc(N)n1.Cl. The molecule has 0 aliphatic carbocycles. The molecule has 0 atom stereocenters. The molecule has 15 heavy (non-hydrogen) atoms. The Balaban J connectivity index is 0.00000196. The van der Waals surface area contributed by atoms with Gasteiger partial charge in [0.25, 0.3) is 0 Å². The molecule has 0 saturated carbocycles. The Bertz CT molecular complexity index is 345. The number of hydrogen-bond acceptors (Lipinski definition) is 5. The van der Waals surface area contributed by atoms with Crippen LogP contribution < -0.4 is 5.73 Å². The number of rotatable bonds is 3. The van der Waals surface area contributed by atoms with E-state index in [0.717, 1.165) is 16.7 Å². The van der Waals surface area contributed by atoms with Crippen molar-refractivity contribution < 1.29 is 18.3 Å². The van der Waals surface area contributed by atoms with Crippen LogP contribution in [0.15, 0.2) is 5.38 Å². The van der Waals surface area contributed by atoms with Crippen molar-refractivity contribution in [2.75, 3.05) is 12.3 Å². The summed E-state index contributed by atoms with van der Waals surface area (Å²) < 4.78 is 30.5. The number of ether oxygens (including phenoxy) is 1. The summed E-state index contributed by atoms with van der Waals surface area (Å²) in [5.41, 5.74) is 4.50. The summed E-state index contributed by atoms with van der Waals surface area (Å²) in [6.07, 6.45) is 0. The standard InChI is InChI=1S/C7H8F2N2O2S.ClH/c1-2-13-5(12)7(8,9)4-3-14-6(10)11-4;/h3H,2H2,1H3,(H2,10,11);1H. The minimum atomic E-state index is -3.72. The second-order valence-electron chi connectivity index (χ2n) is 2.37. The average Bonchev–Trinajstić information content (AvgIpc) is 2.52. The Kier molecular flexibility index (Phi) is 4.89. The molecule has 0 bridgehead atoms. The van der Waals surface area contributed by atoms with Crippen molar-refractivity contribution in [1.82, 2.24) is 4.98 Å². The molecule has 8 heteroatoms. The van der Waals surface area contributed by atoms with Crippen LogP contribution in [-0.2, 0) is 15.5 Å². The largest absolute Gasteiger partial charge is 0.461 e. The Morgan fingerprint density at radius 2 is 2.33 bits per heavy atom. The molecule has 86 valence electrons. The van der Waals surface area contributed by atoms with Gasteiger partial charge in [0.2, 0.25) is 0 Å². The predicted molar refractivity (Wildman–Crippen MR) is 54.3 cm³/mol. The lowest BCUT2D eigenvalue weighted by Gasteiger charge is -2.11. The van der Waals surface area contributed by atoms with Crippen LogP contribution in [0.2, 0.25) is 0 Å². The highest BCUT2D eigenvalue weighted by molar-refractivity contribution is 7.13. The minimum Gasteiger partial charge on any atom is -0.461 e. The van der Waals surface area contributed by atoms with Gasteiger partial charge in [0.05, 0.1) is 6.61 Å². The minimum absolute atomic E-state index is 0. The zero-order valence-electron chi connectivity index (χ0n) is 7.70. The molecule has 0 saturated heterocycles. The van der Waals surface area contributed by atoms with E-state index in [2.05, 4.69) is 9.72 Å². The molecule has 1 rings (SSSR count). The number of hydrogen-bond donors (Lipinski definition) is 1. The molecule has 0 amide bonds. The molecular formula is C7H9ClF2N2O2S. The summed E-state index contributed by atoms with van der Waals surface area (Å²) in [5, 5.41) is 1.02. The first-order valence-corrected chi connectivity index (χ1v) is 4.63. The topological polar surface area (TPSA) is 65.2 Å². The quantitative estimate of drug-likeness (QED) is 0.840. The zero-order chi connectivity index (χ0) is 10.8. The van der Waals surface area contributed by atoms with Crippen LogP contribution in [0.4, 0.5) is 13.9 Å². The van der Waals surface area contributed by atoms with Gasteiger partial charge in [-0.3, -0.25) is 0 Å². The van der Waals surface area contributed by atoms with Crippen LogP contribution in [0.3, 0.4) is 0 Å². The fraction of sp³-hybridized carbons (Fsp3) is 0.429. The number of nitrogens with zero attached hydrogens (tertiary/aromatic N) is 1. The van der Waals surface area contributed by atoms with E-state index in [-0.39, 0.29) is 24.1 Å². The molecule has 0 aromatic carbocycles. The van der Waals surface area contributed by atoms with Gasteiger partial charge in [0, 0.05) is 5.38 Å². The number of esters is 1. The smallest absolute Gasteiger partial charge is 0.385 e. The lowest BCUT2D eigenvalue weighted by molar-refractivity contribution is -0.173. The van der Waals surface area contributed by atoms with Crippen molar-refractivity contribution in [3.8, 4) is 0 Å². The van der Waals surface area contributed by atoms with E-state index in [1.807, 2.05) is 0 Å². The Labute approximate surface area is 94.9 Å². The molecule has 1 aromatic rings. The van der Waals surface area contributed by atoms with E-state index in [9.17, 15) is 13.6 Å². The molecule has 1 heterocycles. The van der Waals surface area contributed by atoms with Gasteiger partial charge < -0.3 is 10.5 Å². The number of nitrogens with two attached hydrogens (primary N) is 1. The summed E-state index contributed by atoms with van der Waals surface area (Å²) in [5.74, 6) is -5.32. The van der Waals surface area contributed by atoms with Crippen molar-refractivity contribution >= 4 is 34.8 Å². The average molecular weight is 259 g/mol. The van der Waals surface area contributed by atoms with E-state index in [4.69, 9.17) is 5.73 Å². The zero-order valence-corrected chi connectivity index (χ0v) is 9.33. The number of carbonyl (C=O) groups excluding carboxylic acids is 1. The predicted octanol–water partition coefficient (Wildman–Crippen LogP) is 1.80. The van der Waals surface area contributed by atoms with E-state index in [0.29, 0.717) is 0 Å². The van der Waals surface area contributed by atoms with Crippen LogP contribution in [0, 0.1) is 0 Å². The van der Waals surface area contributed by atoms with Crippen LogP contribution in [0.5, 0.6) is 0 Å². The molecule has 0 radical (unpaired) electrons. The van der Waals surface area contributed by atoms with Crippen LogP contribution in [0.25, 0.3) is 0 Å². The van der Waals surface area contributed by atoms with Crippen molar-refractivity contribution in [2.45, 2.75) is 12.8 Å². The van der Waals surface area contributed by atoms with Gasteiger partial charge in [-0.05, 0) is 6.92 Å². The van der Waals surface area contributed by atoms with E-state index < -0.39 is 17.6 Å². The third-order valence-corrected chi connectivity index (χ3v) is 2.05. The lowest BCUT2D eigenvalue weighted by Crippen LogP contribution is -2.28. The molecule has 0 unspecified atom stereocenters. The Morgan fingerprint density at radius 3 is 2.73 bits per heavy atom. The summed E-state index contributed by atoms with van der Waals surface area (Å²) >= 11 is 0.846. The maximum Gasteiger partial charge on any atom is 0.385 e. The summed E-state index contributed by atoms with van der Waals surface area (Å²) in [6.45, 7) is 1.34. The van der Waals surface area contributed by atoms with Crippen molar-refractivity contribution in [3.63, 3.8) is 0 Å². The molecular weight excluding hydrogens is 250 g/mol. The first-order chi connectivity index (χ1) is 6.48. The van der Waals surface area contributed by atoms with E-state index >= 15 is 0 Å². The molecule has 0 fully saturated rings. The third-order valence-electron chi connectivity index (χ3n) is 1.38. The molecule has 0 spiro atoms. The molecule has 1 aromatic heterocycles. The first-order valence-electron chi connectivity index (χ1n) is 3.75. The fourth-order valence-corrected chi connectivity index (χ4v) is 1.34. The number of aromatic nitrogens is 1. The highest BCUT2D eigenvalue weighted by atomic mass is 35.5. The first kappa shape index (κ1) is 14.1. The normalized spacial score (nSPS) is 10.6. The van der Waals surface area contributed by atoms with Crippen LogP contribution in [-0.4, -0.2) is 17.6 Å². The maximum absolute atomic E-state index is 13.2. The highest BCUT2D eigenvalue weighted by Gasteiger charge is 2.44. The molecule has 2 N–H and O–H groups in total. The van der Waals surface area contributed by atoms with E-state index in [1.165, 1.54) is 6.92 Å². The van der Waals surface area contributed by atoms with Gasteiger partial charge in [0.15, 0.2) is 5.13 Å². The second kappa shape index (κ2) is 5.22. The lowest BCUT2D eigenvalue weighted by atomic mass is 10.3. The summed E-state index contributed by atoms with van der Waals surface area (Å²) in [6, 6.07) is 0. The molecule has 4 nitrogen and oxygen atoms in total. The number of nitrogen functional groups attached to an aromatic ring is 1. The van der Waals surface area contributed by atoms with Gasteiger partial charge in [-0.1, -0.05) is 0 Å². The van der Waals surface area contributed by atoms with Crippen molar-refractivity contribution in [1.29, 1.82) is 0 Å². The second-order valence-corrected chi connectivity index (χ2v) is 3.26. The van der Waals surface area contributed by atoms with Crippen molar-refractivity contribution in [3.05, 3.63) is 11.1 Å². The van der Waals surface area contributed by atoms with Crippen LogP contribution >= 0.6 is 23.7 Å². The van der Waals surface area contributed by atoms with Gasteiger partial charge >= 0.3 is 11.9 Å². The summed E-state index contributed by atoms with van der Waals surface area (Å²) in [7, 11) is 0. The highest BCUT2D eigenvalue weighted by Crippen LogP contribution is 2.30. The van der Waals surface area contributed by atoms with Gasteiger partial charge in [-0.2, -0.15) is 8.78 Å². The molecule has 0 aliphatic heterocycles. The van der Waals surface area contributed by atoms with Gasteiger partial charge in [-0.25, -0.2) is 9.78 Å². The number of alkyl halides is 2. The van der Waals surface area contributed by atoms with E-state index in [1.54, 1.807) is 0 Å². The van der Waals surface area contributed by atoms with Crippen molar-refractivity contribution in [2.24, 2.45) is 0 Å². The third kappa shape index (κ3) is 3.00. The van der Waals surface area contributed by atoms with Crippen LogP contribution in [0.1, 0.15) is 12.6 Å². The fourth-order valence-electron chi connectivity index (χ4n) is 0.758. The van der Waals surface area contributed by atoms with Gasteiger partial charge in [-0.15, -0.1) is 23.7 Å². The number of carbonyl (C=O) groups is 1. The Morgan fingerprint density at radius 1 is 1.73 bits per heavy atom. The number of halogens is 3. The number of anilines is 1. The van der Waals surface area contributed by atoms with Gasteiger partial charge in [0.1, 0.15) is 5.69 Å². The number of thiazole rings is 1. The summed E-state index contributed by atoms with van der Waals surface area (Å²) in [4.78, 5) is 14.2. The maximum atomic E-state index is 13.2. The molecule has 0 aliphatic rings. The Hall–Kier alpha value is -0.950. The monoisotopic (exact) mass is 258 g/mol.